The average molecular weight is 790 g/mol. The summed E-state index contributed by atoms with van der Waals surface area (Å²) in [6, 6.07) is -0.551. The summed E-state index contributed by atoms with van der Waals surface area (Å²) in [5, 5.41) is 23.2. The van der Waals surface area contributed by atoms with Crippen molar-refractivity contribution in [1.29, 1.82) is 0 Å². The first-order valence-corrected chi connectivity index (χ1v) is 24.6. The number of nitrogens with one attached hydrogen (secondary N) is 1. The van der Waals surface area contributed by atoms with Gasteiger partial charge in [-0.15, -0.1) is 0 Å². The van der Waals surface area contributed by atoms with Crippen molar-refractivity contribution in [1.82, 2.24) is 5.32 Å². The lowest BCUT2D eigenvalue weighted by Gasteiger charge is -2.22. The van der Waals surface area contributed by atoms with Gasteiger partial charge in [-0.1, -0.05) is 199 Å². The number of ether oxygens (including phenoxy) is 1. The largest absolute Gasteiger partial charge is 0.466 e. The lowest BCUT2D eigenvalue weighted by atomic mass is 10.0. The van der Waals surface area contributed by atoms with Crippen LogP contribution in [-0.2, 0) is 14.3 Å². The van der Waals surface area contributed by atoms with E-state index in [9.17, 15) is 19.8 Å². The fourth-order valence-electron chi connectivity index (χ4n) is 7.38. The standard InChI is InChI=1S/C50H95NO5/c1-3-5-7-9-11-13-15-19-23-26-30-34-38-42-48(53)47(46-52)51-49(54)43-39-35-31-27-24-20-17-16-18-21-25-29-33-37-41-45-56-50(55)44-40-36-32-28-22-14-12-10-8-6-4-2/h10,12,18,21,47-48,52-53H,3-9,11,13-17,19-20,22-46H2,1-2H3,(H,51,54)/b12-10-,21-18-. The lowest BCUT2D eigenvalue weighted by Crippen LogP contribution is -2.45. The van der Waals surface area contributed by atoms with Crippen molar-refractivity contribution < 1.29 is 24.5 Å². The van der Waals surface area contributed by atoms with Crippen molar-refractivity contribution >= 4 is 11.9 Å². The third-order valence-electron chi connectivity index (χ3n) is 11.2. The topological polar surface area (TPSA) is 95.9 Å². The third kappa shape index (κ3) is 42.0. The van der Waals surface area contributed by atoms with Crippen LogP contribution in [0.3, 0.4) is 0 Å². The Morgan fingerprint density at radius 2 is 0.857 bits per heavy atom. The summed E-state index contributed by atoms with van der Waals surface area (Å²) in [5.74, 6) is -0.0729. The lowest BCUT2D eigenvalue weighted by molar-refractivity contribution is -0.143. The van der Waals surface area contributed by atoms with Crippen LogP contribution in [-0.4, -0.2) is 47.4 Å². The Balaban J connectivity index is 3.49. The van der Waals surface area contributed by atoms with Gasteiger partial charge in [0.05, 0.1) is 25.4 Å². The zero-order chi connectivity index (χ0) is 40.8. The number of hydrogen-bond acceptors (Lipinski definition) is 5. The van der Waals surface area contributed by atoms with Crippen LogP contribution >= 0.6 is 0 Å². The predicted octanol–water partition coefficient (Wildman–Crippen LogP) is 14.3. The molecule has 1 amide bonds. The van der Waals surface area contributed by atoms with Crippen LogP contribution in [0, 0.1) is 0 Å². The molecule has 6 nitrogen and oxygen atoms in total. The highest BCUT2D eigenvalue weighted by Crippen LogP contribution is 2.16. The van der Waals surface area contributed by atoms with Crippen molar-refractivity contribution in [2.24, 2.45) is 0 Å². The summed E-state index contributed by atoms with van der Waals surface area (Å²) in [6.45, 7) is 4.87. The Bertz CT molecular complexity index is 874. The van der Waals surface area contributed by atoms with Gasteiger partial charge in [0, 0.05) is 12.8 Å². The minimum Gasteiger partial charge on any atom is -0.466 e. The number of aliphatic hydroxyl groups excluding tert-OH is 2. The van der Waals surface area contributed by atoms with Crippen LogP contribution in [0.2, 0.25) is 0 Å². The maximum Gasteiger partial charge on any atom is 0.305 e. The molecule has 0 aromatic heterocycles. The molecular weight excluding hydrogens is 695 g/mol. The fraction of sp³-hybridized carbons (Fsp3) is 0.880. The van der Waals surface area contributed by atoms with Crippen LogP contribution in [0.1, 0.15) is 258 Å². The zero-order valence-corrected chi connectivity index (χ0v) is 37.4. The second kappa shape index (κ2) is 46.0. The molecule has 0 fully saturated rings. The number of unbranched alkanes of at least 4 members (excludes halogenated alkanes) is 30. The van der Waals surface area contributed by atoms with Crippen molar-refractivity contribution in [3.05, 3.63) is 24.3 Å². The third-order valence-corrected chi connectivity index (χ3v) is 11.2. The van der Waals surface area contributed by atoms with Gasteiger partial charge in [-0.2, -0.15) is 0 Å². The Hall–Kier alpha value is -1.66. The van der Waals surface area contributed by atoms with Crippen LogP contribution in [0.4, 0.5) is 0 Å². The van der Waals surface area contributed by atoms with Crippen LogP contribution < -0.4 is 5.32 Å². The number of esters is 1. The molecule has 0 aliphatic heterocycles. The van der Waals surface area contributed by atoms with Crippen LogP contribution in [0.5, 0.6) is 0 Å². The Morgan fingerprint density at radius 3 is 1.32 bits per heavy atom. The second-order valence-electron chi connectivity index (χ2n) is 16.8. The SMILES string of the molecule is CCCC/C=C\CCCCCCCC(=O)OCCCCCC/C=C\CCCCCCCCCC(=O)NC(CO)C(O)CCCCCCCCCCCCCCC. The maximum atomic E-state index is 12.4. The summed E-state index contributed by atoms with van der Waals surface area (Å²) >= 11 is 0. The number of carbonyl (C=O) groups is 2. The van der Waals surface area contributed by atoms with Crippen LogP contribution in [0.15, 0.2) is 24.3 Å². The Morgan fingerprint density at radius 1 is 0.482 bits per heavy atom. The summed E-state index contributed by atoms with van der Waals surface area (Å²) in [5.41, 5.74) is 0. The highest BCUT2D eigenvalue weighted by Gasteiger charge is 2.20. The molecule has 0 spiro atoms. The second-order valence-corrected chi connectivity index (χ2v) is 16.8. The molecule has 0 rings (SSSR count). The molecule has 3 N–H and O–H groups in total. The van der Waals surface area contributed by atoms with Gasteiger partial charge >= 0.3 is 5.97 Å². The average Bonchev–Trinajstić information content (AvgIpc) is 3.20. The Labute approximate surface area is 348 Å². The quantitative estimate of drug-likeness (QED) is 0.0324. The van der Waals surface area contributed by atoms with E-state index in [2.05, 4.69) is 43.5 Å². The highest BCUT2D eigenvalue weighted by atomic mass is 16.5. The molecule has 0 saturated heterocycles. The van der Waals surface area contributed by atoms with Crippen molar-refractivity contribution in [2.75, 3.05) is 13.2 Å². The number of amides is 1. The Kier molecular flexibility index (Phi) is 44.7. The summed E-state index contributed by atoms with van der Waals surface area (Å²) in [7, 11) is 0. The van der Waals surface area contributed by atoms with Gasteiger partial charge in [-0.3, -0.25) is 9.59 Å². The highest BCUT2D eigenvalue weighted by molar-refractivity contribution is 5.76. The van der Waals surface area contributed by atoms with Gasteiger partial charge in [-0.05, 0) is 70.6 Å². The van der Waals surface area contributed by atoms with Gasteiger partial charge < -0.3 is 20.3 Å². The van der Waals surface area contributed by atoms with E-state index in [4.69, 9.17) is 4.74 Å². The number of aliphatic hydroxyl groups is 2. The van der Waals surface area contributed by atoms with E-state index < -0.39 is 12.1 Å². The van der Waals surface area contributed by atoms with E-state index >= 15 is 0 Å². The molecule has 0 heterocycles. The van der Waals surface area contributed by atoms with E-state index in [0.717, 1.165) is 70.6 Å². The molecule has 56 heavy (non-hydrogen) atoms. The van der Waals surface area contributed by atoms with E-state index in [0.29, 0.717) is 25.9 Å². The molecule has 2 atom stereocenters. The van der Waals surface area contributed by atoms with Gasteiger partial charge in [0.1, 0.15) is 0 Å². The van der Waals surface area contributed by atoms with Gasteiger partial charge in [0.2, 0.25) is 5.91 Å². The van der Waals surface area contributed by atoms with Crippen molar-refractivity contribution in [3.63, 3.8) is 0 Å². The first kappa shape index (κ1) is 54.3. The number of carbonyl (C=O) groups excluding carboxylic acids is 2. The first-order valence-electron chi connectivity index (χ1n) is 24.6. The fourth-order valence-corrected chi connectivity index (χ4v) is 7.38. The van der Waals surface area contributed by atoms with Crippen molar-refractivity contribution in [3.8, 4) is 0 Å². The van der Waals surface area contributed by atoms with Crippen LogP contribution in [0.25, 0.3) is 0 Å². The van der Waals surface area contributed by atoms with E-state index in [1.807, 2.05) is 0 Å². The molecular formula is C50H95NO5. The molecule has 0 aromatic carbocycles. The molecule has 330 valence electrons. The molecule has 0 bridgehead atoms. The zero-order valence-electron chi connectivity index (χ0n) is 37.4. The minimum absolute atomic E-state index is 0.0216. The number of hydrogen-bond donors (Lipinski definition) is 3. The first-order chi connectivity index (χ1) is 27.5. The van der Waals surface area contributed by atoms with E-state index in [-0.39, 0.29) is 18.5 Å². The maximum absolute atomic E-state index is 12.4. The van der Waals surface area contributed by atoms with Gasteiger partial charge in [0.15, 0.2) is 0 Å². The number of rotatable bonds is 45. The molecule has 0 aliphatic rings. The molecule has 0 saturated carbocycles. The van der Waals surface area contributed by atoms with Gasteiger partial charge in [0.25, 0.3) is 0 Å². The molecule has 2 unspecified atom stereocenters. The monoisotopic (exact) mass is 790 g/mol. The molecule has 6 heteroatoms. The van der Waals surface area contributed by atoms with E-state index in [1.165, 1.54) is 154 Å². The minimum atomic E-state index is -0.673. The predicted molar refractivity (Wildman–Crippen MR) is 241 cm³/mol. The summed E-state index contributed by atoms with van der Waals surface area (Å²) < 4.78 is 5.42. The van der Waals surface area contributed by atoms with E-state index in [1.54, 1.807) is 0 Å². The van der Waals surface area contributed by atoms with Crippen molar-refractivity contribution in [2.45, 2.75) is 270 Å². The smallest absolute Gasteiger partial charge is 0.305 e. The summed E-state index contributed by atoms with van der Waals surface area (Å²) in [6.07, 6.45) is 52.8. The molecule has 0 aromatic rings. The number of allylic oxidation sites excluding steroid dienone is 4. The molecule has 0 aliphatic carbocycles. The normalized spacial score (nSPS) is 12.9. The van der Waals surface area contributed by atoms with Gasteiger partial charge in [-0.25, -0.2) is 0 Å². The summed E-state index contributed by atoms with van der Waals surface area (Å²) in [4.78, 5) is 24.4. The molecule has 0 radical (unpaired) electrons.